The summed E-state index contributed by atoms with van der Waals surface area (Å²) in [6.45, 7) is 7.76. The summed E-state index contributed by atoms with van der Waals surface area (Å²) in [6, 6.07) is 10.9. The maximum atomic E-state index is 12.7. The van der Waals surface area contributed by atoms with Crippen molar-refractivity contribution < 1.29 is 4.79 Å². The molecule has 2 unspecified atom stereocenters. The Morgan fingerprint density at radius 3 is 2.66 bits per heavy atom. The number of nitrogens with one attached hydrogen (secondary N) is 1. The summed E-state index contributed by atoms with van der Waals surface area (Å²) in [5.41, 5.74) is 3.94. The van der Waals surface area contributed by atoms with Gasteiger partial charge in [-0.25, -0.2) is 0 Å². The molecule has 0 aliphatic heterocycles. The number of aromatic nitrogens is 4. The molecule has 3 rings (SSSR count). The van der Waals surface area contributed by atoms with Gasteiger partial charge in [-0.15, -0.1) is 5.10 Å². The fourth-order valence-corrected chi connectivity index (χ4v) is 4.22. The Morgan fingerprint density at radius 2 is 1.93 bits per heavy atom. The first-order chi connectivity index (χ1) is 13.8. The Kier molecular flexibility index (Phi) is 6.82. The molecule has 29 heavy (non-hydrogen) atoms. The van der Waals surface area contributed by atoms with Gasteiger partial charge < -0.3 is 5.32 Å². The van der Waals surface area contributed by atoms with Crippen LogP contribution in [-0.2, 0) is 4.79 Å². The second-order valence-corrected chi connectivity index (χ2v) is 8.90. The largest absolute Gasteiger partial charge is 0.349 e. The van der Waals surface area contributed by atoms with Crippen LogP contribution >= 0.6 is 35.0 Å². The molecular weight excluding hydrogens is 429 g/mol. The third-order valence-corrected chi connectivity index (χ3v) is 6.28. The predicted octanol–water partition coefficient (Wildman–Crippen LogP) is 4.94. The molecule has 152 valence electrons. The fraction of sp³-hybridized carbons (Fsp3) is 0.300. The van der Waals surface area contributed by atoms with Crippen LogP contribution in [0, 0.1) is 13.8 Å². The summed E-state index contributed by atoms with van der Waals surface area (Å²) < 4.78 is 1.66. The quantitative estimate of drug-likeness (QED) is 0.539. The Labute approximate surface area is 184 Å². The van der Waals surface area contributed by atoms with Crippen LogP contribution in [0.1, 0.15) is 36.6 Å². The van der Waals surface area contributed by atoms with Gasteiger partial charge in [-0.1, -0.05) is 53.2 Å². The van der Waals surface area contributed by atoms with Gasteiger partial charge in [0.05, 0.1) is 17.0 Å². The zero-order valence-corrected chi connectivity index (χ0v) is 18.8. The summed E-state index contributed by atoms with van der Waals surface area (Å²) in [4.78, 5) is 12.7. The second kappa shape index (κ2) is 9.15. The smallest absolute Gasteiger partial charge is 0.233 e. The summed E-state index contributed by atoms with van der Waals surface area (Å²) in [5.74, 6) is -0.135. The number of amides is 1. The highest BCUT2D eigenvalue weighted by Crippen LogP contribution is 2.28. The maximum absolute atomic E-state index is 12.7. The van der Waals surface area contributed by atoms with Crippen LogP contribution in [0.15, 0.2) is 41.6 Å². The number of carbonyl (C=O) groups is 1. The van der Waals surface area contributed by atoms with Gasteiger partial charge in [0, 0.05) is 10.0 Å². The van der Waals surface area contributed by atoms with Crippen molar-refractivity contribution in [3.8, 4) is 5.69 Å². The first-order valence-electron chi connectivity index (χ1n) is 9.05. The number of halogens is 2. The first-order valence-corrected chi connectivity index (χ1v) is 10.7. The minimum atomic E-state index is -0.404. The number of benzene rings is 2. The summed E-state index contributed by atoms with van der Waals surface area (Å²) in [7, 11) is 0. The van der Waals surface area contributed by atoms with E-state index in [9.17, 15) is 4.79 Å². The highest BCUT2D eigenvalue weighted by molar-refractivity contribution is 8.00. The average molecular weight is 450 g/mol. The summed E-state index contributed by atoms with van der Waals surface area (Å²) in [6.07, 6.45) is 0. The highest BCUT2D eigenvalue weighted by atomic mass is 35.5. The van der Waals surface area contributed by atoms with Crippen LogP contribution in [0.25, 0.3) is 5.69 Å². The molecule has 1 amide bonds. The third kappa shape index (κ3) is 4.91. The molecule has 1 aromatic heterocycles. The van der Waals surface area contributed by atoms with Crippen LogP contribution < -0.4 is 5.32 Å². The molecule has 1 heterocycles. The summed E-state index contributed by atoms with van der Waals surface area (Å²) in [5, 5.41) is 16.2. The maximum Gasteiger partial charge on any atom is 0.233 e. The van der Waals surface area contributed by atoms with E-state index >= 15 is 0 Å². The predicted molar refractivity (Wildman–Crippen MR) is 117 cm³/mol. The Balaban J connectivity index is 1.72. The topological polar surface area (TPSA) is 72.7 Å². The van der Waals surface area contributed by atoms with E-state index in [1.165, 1.54) is 11.8 Å². The van der Waals surface area contributed by atoms with Gasteiger partial charge in [-0.2, -0.15) is 4.68 Å². The standard InChI is InChI=1S/C20H21Cl2N5OS/c1-11-6-5-7-18(12(11)2)27-20(24-25-26-27)29-14(4)19(28)23-13(3)16-9-8-15(21)10-17(16)22/h5-10,13-14H,1-4H3,(H,23,28). The van der Waals surface area contributed by atoms with Gasteiger partial charge in [0.1, 0.15) is 0 Å². The van der Waals surface area contributed by atoms with Crippen molar-refractivity contribution in [3.05, 3.63) is 63.1 Å². The van der Waals surface area contributed by atoms with Crippen molar-refractivity contribution in [2.45, 2.75) is 44.1 Å². The Morgan fingerprint density at radius 1 is 1.17 bits per heavy atom. The van der Waals surface area contributed by atoms with E-state index < -0.39 is 5.25 Å². The van der Waals surface area contributed by atoms with Crippen molar-refractivity contribution in [1.82, 2.24) is 25.5 Å². The Hall–Kier alpha value is -2.09. The summed E-state index contributed by atoms with van der Waals surface area (Å²) >= 11 is 13.5. The number of hydrogen-bond acceptors (Lipinski definition) is 5. The molecule has 0 bridgehead atoms. The molecule has 6 nitrogen and oxygen atoms in total. The molecule has 0 saturated heterocycles. The van der Waals surface area contributed by atoms with E-state index in [1.54, 1.807) is 16.8 Å². The molecule has 3 aromatic rings. The van der Waals surface area contributed by atoms with Crippen LogP contribution in [0.4, 0.5) is 0 Å². The van der Waals surface area contributed by atoms with Crippen LogP contribution in [0.3, 0.4) is 0 Å². The number of thioether (sulfide) groups is 1. The van der Waals surface area contributed by atoms with Crippen molar-refractivity contribution in [3.63, 3.8) is 0 Å². The molecule has 0 saturated carbocycles. The van der Waals surface area contributed by atoms with Crippen molar-refractivity contribution in [2.24, 2.45) is 0 Å². The monoisotopic (exact) mass is 449 g/mol. The second-order valence-electron chi connectivity index (χ2n) is 6.75. The van der Waals surface area contributed by atoms with Crippen LogP contribution in [-0.4, -0.2) is 31.4 Å². The van der Waals surface area contributed by atoms with Gasteiger partial charge in [-0.05, 0) is 73.0 Å². The average Bonchev–Trinajstić information content (AvgIpc) is 3.11. The van der Waals surface area contributed by atoms with Crippen LogP contribution in [0.5, 0.6) is 0 Å². The van der Waals surface area contributed by atoms with E-state index in [4.69, 9.17) is 23.2 Å². The number of carbonyl (C=O) groups excluding carboxylic acids is 1. The molecule has 9 heteroatoms. The molecule has 0 spiro atoms. The number of tetrazole rings is 1. The molecule has 2 atom stereocenters. The zero-order chi connectivity index (χ0) is 21.1. The van der Waals surface area contributed by atoms with E-state index in [-0.39, 0.29) is 11.9 Å². The first kappa shape index (κ1) is 21.6. The normalized spacial score (nSPS) is 13.2. The van der Waals surface area contributed by atoms with Gasteiger partial charge in [0.25, 0.3) is 0 Å². The fourth-order valence-electron chi connectivity index (χ4n) is 2.84. The van der Waals surface area contributed by atoms with E-state index in [0.29, 0.717) is 15.2 Å². The third-order valence-electron chi connectivity index (χ3n) is 4.68. The highest BCUT2D eigenvalue weighted by Gasteiger charge is 2.22. The lowest BCUT2D eigenvalue weighted by atomic mass is 10.1. The molecule has 2 aromatic carbocycles. The number of rotatable bonds is 6. The SMILES string of the molecule is Cc1cccc(-n2nnnc2SC(C)C(=O)NC(C)c2ccc(Cl)cc2Cl)c1C. The number of aryl methyl sites for hydroxylation is 1. The molecule has 0 fully saturated rings. The molecule has 0 radical (unpaired) electrons. The lowest BCUT2D eigenvalue weighted by Crippen LogP contribution is -2.33. The molecule has 0 aliphatic carbocycles. The van der Waals surface area contributed by atoms with Crippen molar-refractivity contribution in [2.75, 3.05) is 0 Å². The minimum absolute atomic E-state index is 0.135. The minimum Gasteiger partial charge on any atom is -0.349 e. The van der Waals surface area contributed by atoms with E-state index in [1.807, 2.05) is 52.0 Å². The molecular formula is C20H21Cl2N5OS. The molecule has 0 aliphatic rings. The number of nitrogens with zero attached hydrogens (tertiary/aromatic N) is 4. The van der Waals surface area contributed by atoms with Gasteiger partial charge in [0.2, 0.25) is 11.1 Å². The van der Waals surface area contributed by atoms with Gasteiger partial charge >= 0.3 is 0 Å². The van der Waals surface area contributed by atoms with Crippen molar-refractivity contribution >= 4 is 40.9 Å². The lowest BCUT2D eigenvalue weighted by Gasteiger charge is -2.18. The van der Waals surface area contributed by atoms with Crippen molar-refractivity contribution in [1.29, 1.82) is 0 Å². The Bertz CT molecular complexity index is 1040. The van der Waals surface area contributed by atoms with E-state index in [2.05, 4.69) is 20.8 Å². The molecule has 1 N–H and O–H groups in total. The lowest BCUT2D eigenvalue weighted by molar-refractivity contribution is -0.120. The van der Waals surface area contributed by atoms with E-state index in [0.717, 1.165) is 22.4 Å². The number of hydrogen-bond donors (Lipinski definition) is 1. The van der Waals surface area contributed by atoms with Gasteiger partial charge in [-0.3, -0.25) is 4.79 Å². The van der Waals surface area contributed by atoms with Crippen LogP contribution in [0.2, 0.25) is 10.0 Å². The zero-order valence-electron chi connectivity index (χ0n) is 16.5. The van der Waals surface area contributed by atoms with Gasteiger partial charge in [0.15, 0.2) is 0 Å².